The zero-order valence-electron chi connectivity index (χ0n) is 12.2. The minimum absolute atomic E-state index is 0.182. The van der Waals surface area contributed by atoms with Crippen LogP contribution in [0.5, 0.6) is 0 Å². The molecule has 0 atom stereocenters. The first-order valence-electron chi connectivity index (χ1n) is 6.78. The van der Waals surface area contributed by atoms with E-state index in [0.29, 0.717) is 6.42 Å². The van der Waals surface area contributed by atoms with Crippen LogP contribution in [0.4, 0.5) is 10.1 Å². The number of halogens is 2. The molecule has 0 fully saturated rings. The predicted octanol–water partition coefficient (Wildman–Crippen LogP) is 2.07. The van der Waals surface area contributed by atoms with E-state index in [1.54, 1.807) is 0 Å². The molecule has 0 aliphatic carbocycles. The summed E-state index contributed by atoms with van der Waals surface area (Å²) in [5.41, 5.74) is 5.14. The molecule has 3 N–H and O–H groups in total. The van der Waals surface area contributed by atoms with Gasteiger partial charge in [-0.25, -0.2) is 17.5 Å². The summed E-state index contributed by atoms with van der Waals surface area (Å²) in [7, 11) is -3.79. The van der Waals surface area contributed by atoms with E-state index >= 15 is 0 Å². The standard InChI is InChI=1S/C13H21ClFN3O2S/c1-3-18(4-2)7-5-6-17-21(19,20)13-9-12(16)11(15)8-10(13)14/h8-9,17H,3-7,16H2,1-2H3. The Bertz CT molecular complexity index is 577. The Balaban J connectivity index is 2.68. The zero-order chi connectivity index (χ0) is 16.0. The molecular weight excluding hydrogens is 317 g/mol. The lowest BCUT2D eigenvalue weighted by Gasteiger charge is -2.17. The maximum atomic E-state index is 13.2. The van der Waals surface area contributed by atoms with Gasteiger partial charge in [0.1, 0.15) is 10.7 Å². The minimum Gasteiger partial charge on any atom is -0.396 e. The normalized spacial score (nSPS) is 12.0. The molecule has 0 aliphatic rings. The van der Waals surface area contributed by atoms with E-state index in [4.69, 9.17) is 17.3 Å². The molecule has 0 aromatic heterocycles. The summed E-state index contributed by atoms with van der Waals surface area (Å²) in [6.45, 7) is 7.03. The number of nitrogen functional groups attached to an aromatic ring is 1. The van der Waals surface area contributed by atoms with Gasteiger partial charge in [0.05, 0.1) is 10.7 Å². The number of benzene rings is 1. The quantitative estimate of drug-likeness (QED) is 0.562. The fourth-order valence-electron chi connectivity index (χ4n) is 1.88. The summed E-state index contributed by atoms with van der Waals surface area (Å²) in [4.78, 5) is 1.99. The van der Waals surface area contributed by atoms with E-state index in [2.05, 4.69) is 23.5 Å². The number of nitrogens with two attached hydrogens (primary N) is 1. The predicted molar refractivity (Wildman–Crippen MR) is 83.4 cm³/mol. The average Bonchev–Trinajstić information content (AvgIpc) is 2.43. The number of hydrogen-bond acceptors (Lipinski definition) is 4. The molecule has 5 nitrogen and oxygen atoms in total. The van der Waals surface area contributed by atoms with E-state index in [9.17, 15) is 12.8 Å². The molecule has 21 heavy (non-hydrogen) atoms. The van der Waals surface area contributed by atoms with Crippen LogP contribution < -0.4 is 10.5 Å². The van der Waals surface area contributed by atoms with E-state index in [1.807, 2.05) is 0 Å². The molecule has 0 spiro atoms. The molecule has 1 aromatic rings. The number of hydrogen-bond donors (Lipinski definition) is 2. The molecule has 8 heteroatoms. The van der Waals surface area contributed by atoms with Gasteiger partial charge >= 0.3 is 0 Å². The van der Waals surface area contributed by atoms with Gasteiger partial charge in [0.2, 0.25) is 10.0 Å². The molecule has 0 aliphatic heterocycles. The third-order valence-electron chi connectivity index (χ3n) is 3.18. The average molecular weight is 338 g/mol. The first-order valence-corrected chi connectivity index (χ1v) is 8.64. The fourth-order valence-corrected chi connectivity index (χ4v) is 3.50. The Morgan fingerprint density at radius 2 is 1.95 bits per heavy atom. The Morgan fingerprint density at radius 3 is 2.52 bits per heavy atom. The van der Waals surface area contributed by atoms with E-state index < -0.39 is 15.8 Å². The second kappa shape index (κ2) is 7.93. The lowest BCUT2D eigenvalue weighted by atomic mass is 10.3. The first-order chi connectivity index (χ1) is 9.81. The maximum Gasteiger partial charge on any atom is 0.242 e. The zero-order valence-corrected chi connectivity index (χ0v) is 13.8. The van der Waals surface area contributed by atoms with Crippen LogP contribution in [0.1, 0.15) is 20.3 Å². The Morgan fingerprint density at radius 1 is 1.33 bits per heavy atom. The lowest BCUT2D eigenvalue weighted by Crippen LogP contribution is -2.30. The van der Waals surface area contributed by atoms with Crippen LogP contribution in [0.2, 0.25) is 5.02 Å². The molecule has 1 aromatic carbocycles. The van der Waals surface area contributed by atoms with Crippen molar-refractivity contribution in [1.29, 1.82) is 0 Å². The maximum absolute atomic E-state index is 13.2. The Hall–Kier alpha value is -0.890. The number of sulfonamides is 1. The molecular formula is C13H21ClFN3O2S. The molecule has 0 amide bonds. The van der Waals surface area contributed by atoms with Gasteiger partial charge in [-0.3, -0.25) is 0 Å². The summed E-state index contributed by atoms with van der Waals surface area (Å²) in [6, 6.07) is 1.94. The fraction of sp³-hybridized carbons (Fsp3) is 0.538. The molecule has 1 rings (SSSR count). The number of anilines is 1. The topological polar surface area (TPSA) is 75.4 Å². The summed E-state index contributed by atoms with van der Waals surface area (Å²) in [5, 5.41) is -0.182. The van der Waals surface area contributed by atoms with Crippen LogP contribution in [-0.2, 0) is 10.0 Å². The van der Waals surface area contributed by atoms with Crippen LogP contribution in [0, 0.1) is 5.82 Å². The molecule has 0 saturated heterocycles. The van der Waals surface area contributed by atoms with Gasteiger partial charge < -0.3 is 10.6 Å². The minimum atomic E-state index is -3.79. The van der Waals surface area contributed by atoms with Crippen LogP contribution in [0.25, 0.3) is 0 Å². The Labute approximate surface area is 130 Å². The molecule has 0 heterocycles. The van der Waals surface area contributed by atoms with Gasteiger partial charge in [-0.15, -0.1) is 0 Å². The second-order valence-electron chi connectivity index (χ2n) is 4.58. The van der Waals surface area contributed by atoms with Crippen molar-refractivity contribution in [1.82, 2.24) is 9.62 Å². The van der Waals surface area contributed by atoms with Crippen molar-refractivity contribution in [3.8, 4) is 0 Å². The van der Waals surface area contributed by atoms with Crippen LogP contribution in [-0.4, -0.2) is 39.5 Å². The molecule has 0 saturated carbocycles. The SMILES string of the molecule is CCN(CC)CCCNS(=O)(=O)c1cc(N)c(F)cc1Cl. The molecule has 0 radical (unpaired) electrons. The number of nitrogens with zero attached hydrogens (tertiary/aromatic N) is 1. The van der Waals surface area contributed by atoms with Crippen LogP contribution in [0.3, 0.4) is 0 Å². The van der Waals surface area contributed by atoms with E-state index in [0.717, 1.165) is 31.8 Å². The van der Waals surface area contributed by atoms with Crippen molar-refractivity contribution < 1.29 is 12.8 Å². The summed E-state index contributed by atoms with van der Waals surface area (Å²) in [6.07, 6.45) is 0.676. The smallest absolute Gasteiger partial charge is 0.242 e. The van der Waals surface area contributed by atoms with Gasteiger partial charge in [0.15, 0.2) is 0 Å². The van der Waals surface area contributed by atoms with Gasteiger partial charge in [-0.05, 0) is 38.2 Å². The summed E-state index contributed by atoms with van der Waals surface area (Å²) < 4.78 is 39.9. The second-order valence-corrected chi connectivity index (χ2v) is 6.72. The highest BCUT2D eigenvalue weighted by molar-refractivity contribution is 7.89. The molecule has 0 bridgehead atoms. The van der Waals surface area contributed by atoms with Crippen LogP contribution in [0.15, 0.2) is 17.0 Å². The van der Waals surface area contributed by atoms with Crippen molar-refractivity contribution in [2.75, 3.05) is 31.9 Å². The summed E-state index contributed by atoms with van der Waals surface area (Å²) >= 11 is 5.77. The van der Waals surface area contributed by atoms with E-state index in [1.165, 1.54) is 0 Å². The number of nitrogens with one attached hydrogen (secondary N) is 1. The van der Waals surface area contributed by atoms with Gasteiger partial charge in [-0.2, -0.15) is 0 Å². The monoisotopic (exact) mass is 337 g/mol. The highest BCUT2D eigenvalue weighted by atomic mass is 35.5. The van der Waals surface area contributed by atoms with Crippen molar-refractivity contribution in [2.45, 2.75) is 25.2 Å². The van der Waals surface area contributed by atoms with Gasteiger partial charge in [-0.1, -0.05) is 25.4 Å². The first kappa shape index (κ1) is 18.2. The number of rotatable bonds is 8. The third kappa shape index (κ3) is 5.10. The van der Waals surface area contributed by atoms with Gasteiger partial charge in [0.25, 0.3) is 0 Å². The third-order valence-corrected chi connectivity index (χ3v) is 5.10. The lowest BCUT2D eigenvalue weighted by molar-refractivity contribution is 0.300. The van der Waals surface area contributed by atoms with Crippen molar-refractivity contribution >= 4 is 27.3 Å². The highest BCUT2D eigenvalue weighted by Crippen LogP contribution is 2.26. The van der Waals surface area contributed by atoms with E-state index in [-0.39, 0.29) is 22.2 Å². The summed E-state index contributed by atoms with van der Waals surface area (Å²) in [5.74, 6) is -0.736. The van der Waals surface area contributed by atoms with Crippen molar-refractivity contribution in [3.63, 3.8) is 0 Å². The molecule has 0 unspecified atom stereocenters. The van der Waals surface area contributed by atoms with Crippen LogP contribution >= 0.6 is 11.6 Å². The van der Waals surface area contributed by atoms with Crippen molar-refractivity contribution in [3.05, 3.63) is 23.0 Å². The largest absolute Gasteiger partial charge is 0.396 e. The van der Waals surface area contributed by atoms with Crippen molar-refractivity contribution in [2.24, 2.45) is 0 Å². The molecule has 120 valence electrons. The Kier molecular flexibility index (Phi) is 6.86. The van der Waals surface area contributed by atoms with Gasteiger partial charge in [0, 0.05) is 6.54 Å². The highest BCUT2D eigenvalue weighted by Gasteiger charge is 2.19.